The molecule has 0 radical (unpaired) electrons. The fraction of sp³-hybridized carbons (Fsp3) is 0.235. The van der Waals surface area contributed by atoms with Gasteiger partial charge in [0.2, 0.25) is 0 Å². The first kappa shape index (κ1) is 17.8. The summed E-state index contributed by atoms with van der Waals surface area (Å²) in [6.45, 7) is 0.712. The van der Waals surface area contributed by atoms with E-state index in [-0.39, 0.29) is 5.92 Å². The Morgan fingerprint density at radius 2 is 2.04 bits per heavy atom. The van der Waals surface area contributed by atoms with Crippen molar-refractivity contribution in [1.29, 1.82) is 5.26 Å². The summed E-state index contributed by atoms with van der Waals surface area (Å²) in [6, 6.07) is 17.8. The lowest BCUT2D eigenvalue weighted by Crippen LogP contribution is -2.19. The van der Waals surface area contributed by atoms with E-state index in [4.69, 9.17) is 21.1 Å². The molecule has 0 aliphatic carbocycles. The Morgan fingerprint density at radius 3 is 2.74 bits per heavy atom. The van der Waals surface area contributed by atoms with Crippen LogP contribution in [0.2, 0.25) is 5.02 Å². The van der Waals surface area contributed by atoms with E-state index in [1.54, 1.807) is 7.05 Å². The Hall–Kier alpha value is -1.55. The van der Waals surface area contributed by atoms with E-state index in [0.717, 1.165) is 29.2 Å². The molecule has 0 heterocycles. The maximum absolute atomic E-state index is 9.10. The molecule has 2 aromatic rings. The molecule has 0 bridgehead atoms. The number of benzene rings is 2. The van der Waals surface area contributed by atoms with Gasteiger partial charge in [-0.2, -0.15) is 10.7 Å². The molecule has 0 spiro atoms. The number of halogens is 1. The van der Waals surface area contributed by atoms with Crippen molar-refractivity contribution in [3.8, 4) is 6.07 Å². The fourth-order valence-corrected chi connectivity index (χ4v) is 2.82. The molecular weight excluding hydrogens is 330 g/mol. The molecule has 0 saturated heterocycles. The summed E-state index contributed by atoms with van der Waals surface area (Å²) >= 11 is 7.10. The first-order chi connectivity index (χ1) is 11.2. The Balaban J connectivity index is 2.13. The largest absolute Gasteiger partial charge is 0.238 e. The third-order valence-corrected chi connectivity index (χ3v) is 4.18. The molecule has 0 aromatic heterocycles. The maximum atomic E-state index is 9.10. The van der Waals surface area contributed by atoms with E-state index >= 15 is 0 Å². The molecular formula is C17H18ClN3OS. The number of nitrogens with zero attached hydrogens (tertiary/aromatic N) is 1. The molecule has 2 rings (SSSR count). The monoisotopic (exact) mass is 347 g/mol. The third-order valence-electron chi connectivity index (χ3n) is 3.40. The SMILES string of the molecule is CNOSNCC(Cc1ccc(Cl)cc1)c1cccc(C#N)c1. The van der Waals surface area contributed by atoms with Crippen LogP contribution in [0.15, 0.2) is 48.5 Å². The number of nitrogens with one attached hydrogen (secondary N) is 2. The Bertz CT molecular complexity index is 658. The first-order valence-corrected chi connectivity index (χ1v) is 8.31. The predicted molar refractivity (Wildman–Crippen MR) is 94.8 cm³/mol. The molecule has 0 amide bonds. The first-order valence-electron chi connectivity index (χ1n) is 7.19. The van der Waals surface area contributed by atoms with Gasteiger partial charge < -0.3 is 0 Å². The zero-order chi connectivity index (χ0) is 16.5. The fourth-order valence-electron chi connectivity index (χ4n) is 2.28. The maximum Gasteiger partial charge on any atom is 0.102 e. The van der Waals surface area contributed by atoms with Gasteiger partial charge in [0, 0.05) is 24.5 Å². The second-order valence-corrected chi connectivity index (χ2v) is 6.04. The zero-order valence-corrected chi connectivity index (χ0v) is 14.3. The average molecular weight is 348 g/mol. The van der Waals surface area contributed by atoms with Crippen LogP contribution in [0.1, 0.15) is 22.6 Å². The minimum atomic E-state index is 0.220. The lowest BCUT2D eigenvalue weighted by molar-refractivity contribution is 0.268. The number of hydrogen-bond donors (Lipinski definition) is 2. The van der Waals surface area contributed by atoms with E-state index in [1.807, 2.05) is 48.5 Å². The smallest absolute Gasteiger partial charge is 0.102 e. The molecule has 120 valence electrons. The molecule has 0 saturated carbocycles. The van der Waals surface area contributed by atoms with Crippen LogP contribution in [0.25, 0.3) is 0 Å². The van der Waals surface area contributed by atoms with Crippen LogP contribution in [-0.4, -0.2) is 13.6 Å². The van der Waals surface area contributed by atoms with Gasteiger partial charge in [-0.15, -0.1) is 0 Å². The van der Waals surface area contributed by atoms with Gasteiger partial charge >= 0.3 is 0 Å². The molecule has 23 heavy (non-hydrogen) atoms. The molecule has 1 atom stereocenters. The van der Waals surface area contributed by atoms with Crippen molar-refractivity contribution in [2.45, 2.75) is 12.3 Å². The highest BCUT2D eigenvalue weighted by Crippen LogP contribution is 2.23. The van der Waals surface area contributed by atoms with Crippen molar-refractivity contribution in [2.75, 3.05) is 13.6 Å². The minimum Gasteiger partial charge on any atom is -0.238 e. The molecule has 4 nitrogen and oxygen atoms in total. The van der Waals surface area contributed by atoms with E-state index in [0.29, 0.717) is 12.1 Å². The van der Waals surface area contributed by atoms with Crippen LogP contribution in [0, 0.1) is 11.3 Å². The van der Waals surface area contributed by atoms with Crippen molar-refractivity contribution < 1.29 is 4.28 Å². The number of nitriles is 1. The van der Waals surface area contributed by atoms with Gasteiger partial charge in [-0.3, -0.25) is 0 Å². The Labute approximate surface area is 146 Å². The van der Waals surface area contributed by atoms with Gasteiger partial charge in [-0.05, 0) is 41.8 Å². The van der Waals surface area contributed by atoms with E-state index < -0.39 is 0 Å². The van der Waals surface area contributed by atoms with E-state index in [9.17, 15) is 0 Å². The third kappa shape index (κ3) is 5.87. The summed E-state index contributed by atoms with van der Waals surface area (Å²) in [5, 5.41) is 9.83. The summed E-state index contributed by atoms with van der Waals surface area (Å²) in [4.78, 5) is 0. The van der Waals surface area contributed by atoms with Gasteiger partial charge in [-0.1, -0.05) is 35.9 Å². The van der Waals surface area contributed by atoms with Crippen LogP contribution in [0.3, 0.4) is 0 Å². The number of hydroxylamine groups is 1. The standard InChI is InChI=1S/C17H18ClN3OS/c1-20-22-23-21-12-16(9-13-5-7-17(18)8-6-13)15-4-2-3-14(10-15)11-19/h2-8,10,16,20-21H,9,12H2,1H3. The van der Waals surface area contributed by atoms with Crippen LogP contribution in [0.5, 0.6) is 0 Å². The minimum absolute atomic E-state index is 0.220. The highest BCUT2D eigenvalue weighted by atomic mass is 35.5. The zero-order valence-electron chi connectivity index (χ0n) is 12.8. The van der Waals surface area contributed by atoms with Gasteiger partial charge in [0.15, 0.2) is 0 Å². The quantitative estimate of drug-likeness (QED) is 0.329. The lowest BCUT2D eigenvalue weighted by atomic mass is 9.91. The van der Waals surface area contributed by atoms with Crippen LogP contribution in [-0.2, 0) is 10.7 Å². The molecule has 0 aliphatic heterocycles. The van der Waals surface area contributed by atoms with Gasteiger partial charge in [0.1, 0.15) is 12.2 Å². The highest BCUT2D eigenvalue weighted by molar-refractivity contribution is 7.92. The second kappa shape index (κ2) is 9.56. The summed E-state index contributed by atoms with van der Waals surface area (Å²) in [7, 11) is 1.70. The average Bonchev–Trinajstić information content (AvgIpc) is 2.59. The molecule has 1 unspecified atom stereocenters. The van der Waals surface area contributed by atoms with Gasteiger partial charge in [-0.25, -0.2) is 9.01 Å². The van der Waals surface area contributed by atoms with Crippen molar-refractivity contribution >= 4 is 23.8 Å². The van der Waals surface area contributed by atoms with Crippen molar-refractivity contribution in [1.82, 2.24) is 10.2 Å². The van der Waals surface area contributed by atoms with E-state index in [2.05, 4.69) is 16.3 Å². The van der Waals surface area contributed by atoms with Gasteiger partial charge in [0.05, 0.1) is 11.6 Å². The summed E-state index contributed by atoms with van der Waals surface area (Å²) in [5.74, 6) is 0.220. The topological polar surface area (TPSA) is 57.1 Å². The number of rotatable bonds is 8. The van der Waals surface area contributed by atoms with Crippen LogP contribution < -0.4 is 10.2 Å². The number of hydrogen-bond acceptors (Lipinski definition) is 5. The molecule has 2 N–H and O–H groups in total. The molecule has 6 heteroatoms. The van der Waals surface area contributed by atoms with E-state index in [1.165, 1.54) is 5.56 Å². The molecule has 0 aliphatic rings. The summed E-state index contributed by atoms with van der Waals surface area (Å²) in [6.07, 6.45) is 0.846. The highest BCUT2D eigenvalue weighted by Gasteiger charge is 2.13. The van der Waals surface area contributed by atoms with Crippen LogP contribution in [0.4, 0.5) is 0 Å². The Morgan fingerprint density at radius 1 is 1.26 bits per heavy atom. The molecule has 2 aromatic carbocycles. The van der Waals surface area contributed by atoms with Crippen molar-refractivity contribution in [2.24, 2.45) is 0 Å². The molecule has 0 fully saturated rings. The van der Waals surface area contributed by atoms with Crippen molar-refractivity contribution in [3.05, 3.63) is 70.2 Å². The van der Waals surface area contributed by atoms with Crippen molar-refractivity contribution in [3.63, 3.8) is 0 Å². The van der Waals surface area contributed by atoms with Gasteiger partial charge in [0.25, 0.3) is 0 Å². The summed E-state index contributed by atoms with van der Waals surface area (Å²) < 4.78 is 8.19. The summed E-state index contributed by atoms with van der Waals surface area (Å²) in [5.41, 5.74) is 5.59. The van der Waals surface area contributed by atoms with Crippen LogP contribution >= 0.6 is 23.8 Å². The normalized spacial score (nSPS) is 11.9. The lowest BCUT2D eigenvalue weighted by Gasteiger charge is -2.18. The Kier molecular flexibility index (Phi) is 7.40. The second-order valence-electron chi connectivity index (χ2n) is 4.98. The predicted octanol–water partition coefficient (Wildman–Crippen LogP) is 3.84.